The first-order chi connectivity index (χ1) is 7.64. The van der Waals surface area contributed by atoms with Crippen LogP contribution in [0.25, 0.3) is 0 Å². The van der Waals surface area contributed by atoms with Crippen molar-refractivity contribution in [2.45, 2.75) is 5.41 Å². The number of hydrogen-bond acceptors (Lipinski definition) is 2. The molecule has 0 radical (unpaired) electrons. The molecular weight excluding hydrogens is 228 g/mol. The van der Waals surface area contributed by atoms with Crippen molar-refractivity contribution in [1.82, 2.24) is 0 Å². The van der Waals surface area contributed by atoms with Crippen molar-refractivity contribution in [3.8, 4) is 0 Å². The summed E-state index contributed by atoms with van der Waals surface area (Å²) in [5, 5.41) is 9.29. The van der Waals surface area contributed by atoms with E-state index >= 15 is 0 Å². The summed E-state index contributed by atoms with van der Waals surface area (Å²) < 4.78 is 5.18. The molecule has 1 saturated heterocycles. The summed E-state index contributed by atoms with van der Waals surface area (Å²) in [4.78, 5) is 10.5. The summed E-state index contributed by atoms with van der Waals surface area (Å²) in [6.45, 7) is 0.945. The minimum absolute atomic E-state index is 0.378. The third kappa shape index (κ3) is 1.96. The quantitative estimate of drug-likeness (QED) is 0.822. The molecule has 1 aliphatic heterocycles. The van der Waals surface area contributed by atoms with E-state index in [1.54, 1.807) is 12.1 Å². The molecule has 0 bridgehead atoms. The smallest absolute Gasteiger partial charge is 0.328 e. The Morgan fingerprint density at radius 3 is 2.62 bits per heavy atom. The Kier molecular flexibility index (Phi) is 2.99. The highest BCUT2D eigenvalue weighted by atomic mass is 35.5. The highest BCUT2D eigenvalue weighted by Crippen LogP contribution is 2.37. The second kappa shape index (κ2) is 4.28. The summed E-state index contributed by atoms with van der Waals surface area (Å²) in [5.41, 5.74) is 0.539. The van der Waals surface area contributed by atoms with Crippen molar-refractivity contribution in [2.75, 3.05) is 13.2 Å². The molecule has 0 unspecified atom stereocenters. The number of carbonyl (C=O) groups is 1. The first-order valence-corrected chi connectivity index (χ1v) is 5.27. The maximum atomic E-state index is 10.5. The van der Waals surface area contributed by atoms with E-state index in [1.165, 1.54) is 0 Å². The van der Waals surface area contributed by atoms with Crippen LogP contribution in [0.1, 0.15) is 5.56 Å². The molecule has 0 spiro atoms. The number of benzene rings is 1. The second-order valence-corrected chi connectivity index (χ2v) is 4.21. The molecule has 4 heteroatoms. The molecule has 0 aromatic heterocycles. The molecule has 16 heavy (non-hydrogen) atoms. The Morgan fingerprint density at radius 2 is 2.12 bits per heavy atom. The monoisotopic (exact) mass is 238 g/mol. The number of ether oxygens (including phenoxy) is 1. The Morgan fingerprint density at radius 1 is 1.44 bits per heavy atom. The van der Waals surface area contributed by atoms with Crippen molar-refractivity contribution in [2.24, 2.45) is 0 Å². The predicted octanol–water partition coefficient (Wildman–Crippen LogP) is 2.25. The SMILES string of the molecule is O=C(O)/C=C/C1(c2ccccc2Cl)COC1. The van der Waals surface area contributed by atoms with Crippen LogP contribution in [0, 0.1) is 0 Å². The van der Waals surface area contributed by atoms with Gasteiger partial charge in [0.2, 0.25) is 0 Å². The minimum Gasteiger partial charge on any atom is -0.478 e. The van der Waals surface area contributed by atoms with Crippen LogP contribution in [-0.4, -0.2) is 24.3 Å². The Hall–Kier alpha value is -1.32. The van der Waals surface area contributed by atoms with Crippen LogP contribution in [0.3, 0.4) is 0 Å². The number of carboxylic acid groups (broad SMARTS) is 1. The molecule has 1 aromatic rings. The molecule has 84 valence electrons. The number of carboxylic acids is 1. The van der Waals surface area contributed by atoms with E-state index in [0.717, 1.165) is 11.6 Å². The van der Waals surface area contributed by atoms with E-state index in [9.17, 15) is 4.79 Å². The fourth-order valence-corrected chi connectivity index (χ4v) is 2.08. The summed E-state index contributed by atoms with van der Waals surface area (Å²) in [6.07, 6.45) is 2.80. The summed E-state index contributed by atoms with van der Waals surface area (Å²) >= 11 is 6.10. The highest BCUT2D eigenvalue weighted by molar-refractivity contribution is 6.31. The maximum absolute atomic E-state index is 10.5. The van der Waals surface area contributed by atoms with Gasteiger partial charge in [0.1, 0.15) is 0 Å². The van der Waals surface area contributed by atoms with Crippen molar-refractivity contribution in [1.29, 1.82) is 0 Å². The fraction of sp³-hybridized carbons (Fsp3) is 0.250. The zero-order chi connectivity index (χ0) is 11.6. The van der Waals surface area contributed by atoms with Gasteiger partial charge in [-0.1, -0.05) is 35.9 Å². The van der Waals surface area contributed by atoms with Crippen LogP contribution in [0.5, 0.6) is 0 Å². The lowest BCUT2D eigenvalue weighted by Gasteiger charge is -2.39. The van der Waals surface area contributed by atoms with Gasteiger partial charge in [0.25, 0.3) is 0 Å². The minimum atomic E-state index is -0.960. The maximum Gasteiger partial charge on any atom is 0.328 e. The zero-order valence-electron chi connectivity index (χ0n) is 8.52. The van der Waals surface area contributed by atoms with Crippen LogP contribution in [-0.2, 0) is 14.9 Å². The highest BCUT2D eigenvalue weighted by Gasteiger charge is 2.39. The lowest BCUT2D eigenvalue weighted by atomic mass is 9.78. The Labute approximate surface area is 98.3 Å². The third-order valence-electron chi connectivity index (χ3n) is 2.67. The van der Waals surface area contributed by atoms with Crippen LogP contribution in [0.4, 0.5) is 0 Å². The van der Waals surface area contributed by atoms with Gasteiger partial charge in [-0.2, -0.15) is 0 Å². The molecule has 0 atom stereocenters. The largest absolute Gasteiger partial charge is 0.478 e. The van der Waals surface area contributed by atoms with Crippen LogP contribution in [0.2, 0.25) is 5.02 Å². The van der Waals surface area contributed by atoms with Gasteiger partial charge in [0.15, 0.2) is 0 Å². The van der Waals surface area contributed by atoms with E-state index in [2.05, 4.69) is 0 Å². The van der Waals surface area contributed by atoms with Crippen LogP contribution < -0.4 is 0 Å². The fourth-order valence-electron chi connectivity index (χ4n) is 1.76. The molecule has 0 aliphatic carbocycles. The topological polar surface area (TPSA) is 46.5 Å². The molecule has 1 aliphatic rings. The standard InChI is InChI=1S/C12H11ClO3/c13-10-4-2-1-3-9(10)12(7-16-8-12)6-5-11(14)15/h1-6H,7-8H2,(H,14,15)/b6-5+. The zero-order valence-corrected chi connectivity index (χ0v) is 9.28. The first kappa shape index (κ1) is 11.2. The second-order valence-electron chi connectivity index (χ2n) is 3.80. The lowest BCUT2D eigenvalue weighted by molar-refractivity contribution is -0.131. The van der Waals surface area contributed by atoms with E-state index in [-0.39, 0.29) is 5.41 Å². The van der Waals surface area contributed by atoms with Gasteiger partial charge in [-0.3, -0.25) is 0 Å². The molecule has 1 aromatic carbocycles. The van der Waals surface area contributed by atoms with Gasteiger partial charge < -0.3 is 9.84 Å². The van der Waals surface area contributed by atoms with Gasteiger partial charge in [-0.05, 0) is 11.6 Å². The summed E-state index contributed by atoms with van der Waals surface area (Å²) in [7, 11) is 0. The van der Waals surface area contributed by atoms with Gasteiger partial charge in [-0.25, -0.2) is 4.79 Å². The number of hydrogen-bond donors (Lipinski definition) is 1. The number of aliphatic carboxylic acids is 1. The predicted molar refractivity (Wildman–Crippen MR) is 60.7 cm³/mol. The van der Waals surface area contributed by atoms with Gasteiger partial charge in [0.05, 0.1) is 18.6 Å². The van der Waals surface area contributed by atoms with Crippen molar-refractivity contribution >= 4 is 17.6 Å². The third-order valence-corrected chi connectivity index (χ3v) is 3.00. The molecule has 1 heterocycles. The van der Waals surface area contributed by atoms with Crippen molar-refractivity contribution in [3.05, 3.63) is 47.0 Å². The molecule has 1 N–H and O–H groups in total. The Bertz CT molecular complexity index is 436. The van der Waals surface area contributed by atoms with Gasteiger partial charge in [0, 0.05) is 11.1 Å². The van der Waals surface area contributed by atoms with Gasteiger partial charge >= 0.3 is 5.97 Å². The molecular formula is C12H11ClO3. The van der Waals surface area contributed by atoms with Crippen LogP contribution in [0.15, 0.2) is 36.4 Å². The average Bonchev–Trinajstić information content (AvgIpc) is 2.18. The summed E-state index contributed by atoms with van der Waals surface area (Å²) in [6, 6.07) is 7.43. The average molecular weight is 239 g/mol. The van der Waals surface area contributed by atoms with E-state index in [1.807, 2.05) is 18.2 Å². The molecule has 0 saturated carbocycles. The first-order valence-electron chi connectivity index (χ1n) is 4.89. The molecule has 2 rings (SSSR count). The Balaban J connectivity index is 2.35. The number of rotatable bonds is 3. The normalized spacial score (nSPS) is 18.3. The van der Waals surface area contributed by atoms with E-state index in [4.69, 9.17) is 21.4 Å². The van der Waals surface area contributed by atoms with E-state index < -0.39 is 5.97 Å². The van der Waals surface area contributed by atoms with E-state index in [0.29, 0.717) is 18.2 Å². The summed E-state index contributed by atoms with van der Waals surface area (Å²) in [5.74, 6) is -0.960. The van der Waals surface area contributed by atoms with Crippen molar-refractivity contribution in [3.63, 3.8) is 0 Å². The molecule has 1 fully saturated rings. The van der Waals surface area contributed by atoms with Crippen LogP contribution >= 0.6 is 11.6 Å². The lowest BCUT2D eigenvalue weighted by Crippen LogP contribution is -2.45. The van der Waals surface area contributed by atoms with Crippen molar-refractivity contribution < 1.29 is 14.6 Å². The van der Waals surface area contributed by atoms with Gasteiger partial charge in [-0.15, -0.1) is 0 Å². The number of halogens is 1. The molecule has 3 nitrogen and oxygen atoms in total. The molecule has 0 amide bonds.